The van der Waals surface area contributed by atoms with Crippen molar-refractivity contribution in [3.63, 3.8) is 0 Å². The first-order valence-electron chi connectivity index (χ1n) is 11.3. The van der Waals surface area contributed by atoms with E-state index in [1.54, 1.807) is 37.4 Å². The Balaban J connectivity index is 0.000000233. The molecule has 1 atom stereocenters. The monoisotopic (exact) mass is 504 g/mol. The molecule has 1 aliphatic heterocycles. The normalized spacial score (nSPS) is 13.0. The molecule has 0 aliphatic carbocycles. The smallest absolute Gasteiger partial charge is 0.270 e. The van der Waals surface area contributed by atoms with Crippen LogP contribution < -0.4 is 32.3 Å². The molecule has 0 saturated heterocycles. The lowest BCUT2D eigenvalue weighted by atomic mass is 10.0. The maximum Gasteiger partial charge on any atom is 0.270 e. The largest absolute Gasteiger partial charge is 0.482 e. The first-order valence-corrected chi connectivity index (χ1v) is 11.3. The molecule has 2 aromatic carbocycles. The van der Waals surface area contributed by atoms with Crippen molar-refractivity contribution < 1.29 is 19.1 Å². The second kappa shape index (κ2) is 12.6. The zero-order chi connectivity index (χ0) is 26.8. The van der Waals surface area contributed by atoms with Gasteiger partial charge in [-0.05, 0) is 23.3 Å². The number of nitrogens with one attached hydrogen (secondary N) is 3. The maximum atomic E-state index is 12.1. The third-order valence-corrected chi connectivity index (χ3v) is 5.36. The van der Waals surface area contributed by atoms with Crippen LogP contribution in [0, 0.1) is 0 Å². The van der Waals surface area contributed by atoms with E-state index >= 15 is 0 Å². The van der Waals surface area contributed by atoms with Gasteiger partial charge in [-0.15, -0.1) is 0 Å². The number of aromatic nitrogens is 2. The van der Waals surface area contributed by atoms with Gasteiger partial charge in [-0.1, -0.05) is 37.3 Å². The van der Waals surface area contributed by atoms with Crippen molar-refractivity contribution in [1.29, 1.82) is 0 Å². The summed E-state index contributed by atoms with van der Waals surface area (Å²) >= 11 is 0. The van der Waals surface area contributed by atoms with Crippen molar-refractivity contribution in [2.45, 2.75) is 19.4 Å². The molecular weight excluding hydrogens is 476 g/mol. The lowest BCUT2D eigenvalue weighted by molar-refractivity contribution is -0.118. The number of hydrogen-bond acceptors (Lipinski definition) is 9. The second-order valence-electron chi connectivity index (χ2n) is 7.95. The number of rotatable bonds is 7. The number of nitrogens with zero attached hydrogens (tertiary/aromatic N) is 3. The van der Waals surface area contributed by atoms with Crippen molar-refractivity contribution in [2.24, 2.45) is 16.7 Å². The number of amides is 2. The average Bonchev–Trinajstić information content (AvgIpc) is 2.95. The molecule has 0 bridgehead atoms. The molecule has 1 unspecified atom stereocenters. The molecule has 37 heavy (non-hydrogen) atoms. The number of ether oxygens (including phenoxy) is 1. The summed E-state index contributed by atoms with van der Waals surface area (Å²) in [5, 5.41) is 11.7. The Morgan fingerprint density at radius 1 is 1.22 bits per heavy atom. The molecule has 2 amide bonds. The highest BCUT2D eigenvalue weighted by Gasteiger charge is 2.16. The summed E-state index contributed by atoms with van der Waals surface area (Å²) < 4.78 is 5.29. The van der Waals surface area contributed by atoms with Gasteiger partial charge in [-0.25, -0.2) is 9.97 Å². The average molecular weight is 505 g/mol. The molecule has 1 aliphatic rings. The van der Waals surface area contributed by atoms with Crippen LogP contribution in [0.15, 0.2) is 60.0 Å². The lowest BCUT2D eigenvalue weighted by Gasteiger charge is -2.18. The Morgan fingerprint density at radius 2 is 1.97 bits per heavy atom. The minimum atomic E-state index is -0.304. The Kier molecular flexibility index (Phi) is 9.08. The number of aldehydes is 1. The van der Waals surface area contributed by atoms with Crippen LogP contribution in [0.2, 0.25) is 0 Å². The van der Waals surface area contributed by atoms with Crippen LogP contribution in [-0.2, 0) is 16.1 Å². The maximum absolute atomic E-state index is 12.1. The number of anilines is 2. The van der Waals surface area contributed by atoms with Crippen LogP contribution in [0.3, 0.4) is 0 Å². The van der Waals surface area contributed by atoms with Gasteiger partial charge in [0.25, 0.3) is 11.8 Å². The highest BCUT2D eigenvalue weighted by atomic mass is 16.5. The molecule has 0 fully saturated rings. The quantitative estimate of drug-likeness (QED) is 0.104. The van der Waals surface area contributed by atoms with E-state index in [1.807, 2.05) is 25.1 Å². The molecule has 0 spiro atoms. The number of fused-ring (bicyclic) bond motifs is 1. The van der Waals surface area contributed by atoms with Crippen molar-refractivity contribution in [2.75, 3.05) is 24.3 Å². The fourth-order valence-corrected chi connectivity index (χ4v) is 3.24. The van der Waals surface area contributed by atoms with Gasteiger partial charge >= 0.3 is 0 Å². The minimum Gasteiger partial charge on any atom is -0.482 e. The zero-order valence-electron chi connectivity index (χ0n) is 20.4. The van der Waals surface area contributed by atoms with Crippen molar-refractivity contribution in [1.82, 2.24) is 15.3 Å². The third kappa shape index (κ3) is 7.24. The number of carbonyl (C=O) groups is 3. The van der Waals surface area contributed by atoms with E-state index < -0.39 is 0 Å². The van der Waals surface area contributed by atoms with Crippen molar-refractivity contribution in [3.05, 3.63) is 77.2 Å². The zero-order valence-corrected chi connectivity index (χ0v) is 20.4. The fourth-order valence-electron chi connectivity index (χ4n) is 3.24. The van der Waals surface area contributed by atoms with E-state index in [9.17, 15) is 14.4 Å². The van der Waals surface area contributed by atoms with E-state index in [1.165, 1.54) is 6.33 Å². The summed E-state index contributed by atoms with van der Waals surface area (Å²) in [6, 6.07) is 14.2. The van der Waals surface area contributed by atoms with Gasteiger partial charge in [0.15, 0.2) is 6.61 Å². The molecule has 3 aromatic rings. The Morgan fingerprint density at radius 3 is 2.65 bits per heavy atom. The number of hydrazone groups is 1. The van der Waals surface area contributed by atoms with E-state index in [0.717, 1.165) is 23.0 Å². The van der Waals surface area contributed by atoms with Gasteiger partial charge in [0.05, 0.1) is 5.69 Å². The van der Waals surface area contributed by atoms with E-state index in [2.05, 4.69) is 31.0 Å². The molecule has 0 radical (unpaired) electrons. The fraction of sp³-hybridized carbons (Fsp3) is 0.200. The number of carbonyl (C=O) groups excluding carboxylic acids is 3. The van der Waals surface area contributed by atoms with Crippen LogP contribution in [0.5, 0.6) is 5.75 Å². The molecule has 4 rings (SSSR count). The van der Waals surface area contributed by atoms with Crippen LogP contribution >= 0.6 is 0 Å². The van der Waals surface area contributed by atoms with Gasteiger partial charge in [-0.2, -0.15) is 5.10 Å². The molecule has 12 nitrogen and oxygen atoms in total. The topological polar surface area (TPSA) is 187 Å². The van der Waals surface area contributed by atoms with Crippen LogP contribution in [0.1, 0.15) is 40.0 Å². The Hall–Kier alpha value is -5.00. The predicted octanol–water partition coefficient (Wildman–Crippen LogP) is 1.35. The molecule has 2 heterocycles. The summed E-state index contributed by atoms with van der Waals surface area (Å²) in [5.41, 5.74) is 8.94. The number of amidine groups is 1. The molecule has 192 valence electrons. The lowest BCUT2D eigenvalue weighted by Crippen LogP contribution is -2.26. The molecular formula is C25H28N8O4. The standard InChI is InChI=1S/C15H15N5O3.C10H13N3O/c1-16-13-5-11(18-8-19-13)15(22)17-6-9-2-3-12-10(4-9)20-14(21)7-23-12;1-7(6-14)8-2-4-9(5-3-8)10(11)13-12/h2-5,8H,6-7H2,1H3,(H,17,22)(H,20,21)(H,16,18,19);2-7H,12H2,1H3,(H2,11,13). The van der Waals surface area contributed by atoms with Crippen molar-refractivity contribution >= 4 is 35.4 Å². The molecule has 12 heteroatoms. The van der Waals surface area contributed by atoms with Gasteiger partial charge in [0, 0.05) is 31.1 Å². The van der Waals surface area contributed by atoms with E-state index in [-0.39, 0.29) is 35.9 Å². The van der Waals surface area contributed by atoms with Gasteiger partial charge in [0.1, 0.15) is 35.7 Å². The van der Waals surface area contributed by atoms with Crippen molar-refractivity contribution in [3.8, 4) is 5.75 Å². The van der Waals surface area contributed by atoms with Gasteiger partial charge in [-0.3, -0.25) is 9.59 Å². The van der Waals surface area contributed by atoms with E-state index in [4.69, 9.17) is 16.3 Å². The molecule has 1 aromatic heterocycles. The third-order valence-electron chi connectivity index (χ3n) is 5.36. The SMILES string of the molecule is CC(C=O)c1ccc(/C(N)=N/N)cc1.CNc1cc(C(=O)NCc2ccc3c(c2)NC(=O)CO3)ncn1. The summed E-state index contributed by atoms with van der Waals surface area (Å²) in [4.78, 5) is 41.8. The first kappa shape index (κ1) is 26.6. The molecule has 7 N–H and O–H groups in total. The highest BCUT2D eigenvalue weighted by molar-refractivity contribution is 5.97. The molecule has 0 saturated carbocycles. The summed E-state index contributed by atoms with van der Waals surface area (Å²) in [7, 11) is 1.72. The number of benzene rings is 2. The van der Waals surface area contributed by atoms with E-state index in [0.29, 0.717) is 23.8 Å². The predicted molar refractivity (Wildman–Crippen MR) is 139 cm³/mol. The summed E-state index contributed by atoms with van der Waals surface area (Å²) in [6.07, 6.45) is 2.22. The number of nitrogens with two attached hydrogens (primary N) is 2. The minimum absolute atomic E-state index is 0.0184. The van der Waals surface area contributed by atoms with Crippen LogP contribution in [0.25, 0.3) is 0 Å². The summed E-state index contributed by atoms with van der Waals surface area (Å²) in [6.45, 7) is 2.16. The first-order chi connectivity index (χ1) is 17.8. The Labute approximate surface area is 213 Å². The summed E-state index contributed by atoms with van der Waals surface area (Å²) in [5.74, 6) is 5.91. The van der Waals surface area contributed by atoms with Gasteiger partial charge in [0.2, 0.25) is 0 Å². The highest BCUT2D eigenvalue weighted by Crippen LogP contribution is 2.28. The van der Waals surface area contributed by atoms with Crippen LogP contribution in [-0.4, -0.2) is 47.6 Å². The second-order valence-corrected chi connectivity index (χ2v) is 7.95. The van der Waals surface area contributed by atoms with Gasteiger partial charge < -0.3 is 37.1 Å². The van der Waals surface area contributed by atoms with Crippen LogP contribution in [0.4, 0.5) is 11.5 Å². The Bertz CT molecular complexity index is 1290. The number of hydrogen-bond donors (Lipinski definition) is 5.